The van der Waals surface area contributed by atoms with Gasteiger partial charge in [0.1, 0.15) is 23.3 Å². The lowest BCUT2D eigenvalue weighted by atomic mass is 9.97. The minimum Gasteiger partial charge on any atom is -0.387 e. The van der Waals surface area contributed by atoms with E-state index in [9.17, 15) is 38.4 Å². The van der Waals surface area contributed by atoms with Gasteiger partial charge in [-0.25, -0.2) is 20.0 Å². The first-order chi connectivity index (χ1) is 64.6. The van der Waals surface area contributed by atoms with Crippen molar-refractivity contribution in [1.82, 2.24) is 39.2 Å². The molecule has 4 fully saturated rings. The zero-order valence-electron chi connectivity index (χ0n) is 82.4. The number of Topliss-reactive ketones (excluding diaryl/α,β-unsaturated/α-hetero) is 4. The van der Waals surface area contributed by atoms with Gasteiger partial charge in [-0.15, -0.1) is 0 Å². The van der Waals surface area contributed by atoms with Crippen molar-refractivity contribution < 1.29 is 38.4 Å². The summed E-state index contributed by atoms with van der Waals surface area (Å²) in [6.07, 6.45) is 10.8. The van der Waals surface area contributed by atoms with Crippen LogP contribution >= 0.6 is 0 Å². The summed E-state index contributed by atoms with van der Waals surface area (Å²) in [7, 11) is 0. The molecule has 0 spiro atoms. The smallest absolute Gasteiger partial charge is 0.253 e. The normalized spacial score (nSPS) is 16.8. The van der Waals surface area contributed by atoms with E-state index in [1.807, 2.05) is 241 Å². The molecule has 0 aliphatic carbocycles. The number of amides is 4. The minimum atomic E-state index is 0. The lowest BCUT2D eigenvalue weighted by Gasteiger charge is -2.42. The second-order valence-corrected chi connectivity index (χ2v) is 40.1. The molecule has 8 heterocycles. The highest BCUT2D eigenvalue weighted by atomic mass is 16.2. The number of amidine groups is 4. The zero-order valence-corrected chi connectivity index (χ0v) is 82.4. The highest BCUT2D eigenvalue weighted by Crippen LogP contribution is 2.39. The van der Waals surface area contributed by atoms with Crippen molar-refractivity contribution in [1.29, 1.82) is 0 Å². The Hall–Kier alpha value is -13.0. The first-order valence-corrected chi connectivity index (χ1v) is 48.0. The molecule has 0 saturated carbocycles. The van der Waals surface area contributed by atoms with Crippen LogP contribution in [-0.4, -0.2) is 236 Å². The molecule has 0 aromatic heterocycles. The summed E-state index contributed by atoms with van der Waals surface area (Å²) in [5.41, 5.74) is 44.7. The quantitative estimate of drug-likeness (QED) is 0.0698. The number of nitrogens with two attached hydrogens (primary N) is 4. The van der Waals surface area contributed by atoms with Crippen molar-refractivity contribution in [2.45, 2.75) is 192 Å². The molecule has 0 unspecified atom stereocenters. The maximum atomic E-state index is 13.2. The molecule has 24 nitrogen and oxygen atoms in total. The number of fused-ring (bicyclic) bond motifs is 4. The van der Waals surface area contributed by atoms with E-state index in [2.05, 4.69) is 123 Å². The summed E-state index contributed by atoms with van der Waals surface area (Å²) in [5.74, 6) is 2.41. The predicted octanol–water partition coefficient (Wildman–Crippen LogP) is 19.3. The first kappa shape index (κ1) is 103. The van der Waals surface area contributed by atoms with E-state index in [-0.39, 0.29) is 76.3 Å². The molecule has 137 heavy (non-hydrogen) atoms. The summed E-state index contributed by atoms with van der Waals surface area (Å²) in [4.78, 5) is 137. The van der Waals surface area contributed by atoms with Crippen LogP contribution in [0.3, 0.4) is 0 Å². The standard InChI is InChI=1S/4C28H34N4O2.CH4/c1-5-25(33)23-16-22-11-10-21(17-24(22)30-26(29)18-23)19-6-8-20(9-7-19)27(34)31-12-14-32(15-13-31)28(2,3)4;1-5-25(33)23-17-22-16-21(10-11-24(22)30-26(29)18-23)19-6-8-20(9-7-19)27(34)31-12-14-32(15-13-31)28(2,3)4;1-5-25(33)23-16-21-10-9-20(17-24(21)30-26(29)18-23)19-7-6-8-22(15-19)27(34)31-11-13-32(14-12-31)28(2,3)4;1-5-25(33)23-17-22-16-20(9-10-24(22)30-26(29)18-23)19-7-6-8-21(15-19)27(34)31-11-13-32(14-12-31)28(2,3)4;/h2*6-11,16-17H,5,12-15,18H2,1-4H3,(H2,29,30);2*6-10,15-17H,5,11-14,18H2,1-4H3,(H2,29,30);1H4. The van der Waals surface area contributed by atoms with Crippen LogP contribution < -0.4 is 22.9 Å². The summed E-state index contributed by atoms with van der Waals surface area (Å²) in [6.45, 7) is 47.0. The molecule has 24 heteroatoms. The van der Waals surface area contributed by atoms with Gasteiger partial charge in [0.05, 0.1) is 22.7 Å². The SMILES string of the molecule is C.CCC(=O)C1=Cc2cc(-c3ccc(C(=O)N4CCN(C(C)(C)C)CC4)cc3)ccc2N=C(N)C1.CCC(=O)C1=Cc2cc(-c3cccc(C(=O)N4CCN(C(C)(C)C)CC4)c3)ccc2N=C(N)C1.CCC(=O)C1=Cc2ccc(-c3ccc(C(=O)N4CCN(C(C)(C)C)CC4)cc3)cc2N=C(N)C1.CCC(=O)C1=Cc2ccc(-c3cccc(C(=O)N4CCN(C(C)(C)C)CC4)c3)cc2N=C(N)C1. The van der Waals surface area contributed by atoms with E-state index in [4.69, 9.17) is 22.9 Å². The summed E-state index contributed by atoms with van der Waals surface area (Å²) < 4.78 is 0. The fraction of sp³-hybridized carbons (Fsp3) is 0.398. The van der Waals surface area contributed by atoms with Gasteiger partial charge in [0.2, 0.25) is 0 Å². The number of ketones is 4. The number of hydrogen-bond donors (Lipinski definition) is 4. The molecule has 4 amide bonds. The van der Waals surface area contributed by atoms with Gasteiger partial charge in [-0.05, 0) is 237 Å². The third kappa shape index (κ3) is 26.0. The maximum absolute atomic E-state index is 13.2. The minimum absolute atomic E-state index is 0. The average Bonchev–Trinajstić information content (AvgIpc) is 1.79. The van der Waals surface area contributed by atoms with Crippen LogP contribution in [0.5, 0.6) is 0 Å². The van der Waals surface area contributed by atoms with Crippen LogP contribution in [0, 0.1) is 0 Å². The van der Waals surface area contributed by atoms with Crippen LogP contribution in [0.15, 0.2) is 212 Å². The Labute approximate surface area is 810 Å². The van der Waals surface area contributed by atoms with Crippen LogP contribution in [0.4, 0.5) is 22.7 Å². The summed E-state index contributed by atoms with van der Waals surface area (Å²) >= 11 is 0. The van der Waals surface area contributed by atoms with Crippen molar-refractivity contribution in [3.05, 3.63) is 237 Å². The Balaban J connectivity index is 0.000000164. The molecule has 720 valence electrons. The van der Waals surface area contributed by atoms with Gasteiger partial charge in [0.25, 0.3) is 23.6 Å². The van der Waals surface area contributed by atoms with Crippen LogP contribution in [-0.2, 0) is 19.2 Å². The van der Waals surface area contributed by atoms with Crippen molar-refractivity contribution in [2.24, 2.45) is 42.9 Å². The molecule has 8 aromatic rings. The molecule has 8 aliphatic rings. The molecule has 8 aliphatic heterocycles. The van der Waals surface area contributed by atoms with Crippen LogP contribution in [0.2, 0.25) is 0 Å². The third-order valence-electron chi connectivity index (χ3n) is 26.6. The second kappa shape index (κ2) is 44.4. The molecule has 0 radical (unpaired) electrons. The first-order valence-electron chi connectivity index (χ1n) is 48.0. The predicted molar refractivity (Wildman–Crippen MR) is 560 cm³/mol. The summed E-state index contributed by atoms with van der Waals surface area (Å²) in [6, 6.07) is 54.9. The lowest BCUT2D eigenvalue weighted by Crippen LogP contribution is -2.54. The van der Waals surface area contributed by atoms with E-state index in [0.717, 1.165) is 194 Å². The van der Waals surface area contributed by atoms with Crippen molar-refractivity contribution in [3.63, 3.8) is 0 Å². The van der Waals surface area contributed by atoms with Crippen LogP contribution in [0.1, 0.15) is 233 Å². The maximum Gasteiger partial charge on any atom is 0.253 e. The van der Waals surface area contributed by atoms with Gasteiger partial charge in [0.15, 0.2) is 23.1 Å². The third-order valence-corrected chi connectivity index (χ3v) is 26.6. The Morgan fingerprint density at radius 2 is 0.482 bits per heavy atom. The van der Waals surface area contributed by atoms with Crippen molar-refractivity contribution >= 4 is 117 Å². The van der Waals surface area contributed by atoms with E-state index in [1.54, 1.807) is 0 Å². The van der Waals surface area contributed by atoms with E-state index >= 15 is 0 Å². The number of carbonyl (C=O) groups excluding carboxylic acids is 8. The van der Waals surface area contributed by atoms with Gasteiger partial charge in [0, 0.05) is 245 Å². The molecule has 16 rings (SSSR count). The zero-order chi connectivity index (χ0) is 97.8. The Morgan fingerprint density at radius 3 is 0.759 bits per heavy atom. The molecular formula is C113H140N16O8. The fourth-order valence-electron chi connectivity index (χ4n) is 18.3. The topological polar surface area (TPSA) is 316 Å². The number of aliphatic imine (C=N–C) groups is 4. The monoisotopic (exact) mass is 1850 g/mol. The van der Waals surface area contributed by atoms with Crippen molar-refractivity contribution in [2.75, 3.05) is 105 Å². The fourth-order valence-corrected chi connectivity index (χ4v) is 18.3. The van der Waals surface area contributed by atoms with Gasteiger partial charge >= 0.3 is 0 Å². The number of carbonyl (C=O) groups is 8. The Morgan fingerprint density at radius 1 is 0.255 bits per heavy atom. The number of nitrogens with zero attached hydrogens (tertiary/aromatic N) is 12. The molecule has 8 N–H and O–H groups in total. The Kier molecular flexibility index (Phi) is 33.4. The van der Waals surface area contributed by atoms with Gasteiger partial charge in [-0.2, -0.15) is 0 Å². The van der Waals surface area contributed by atoms with Gasteiger partial charge in [-0.3, -0.25) is 58.0 Å². The molecule has 4 saturated heterocycles. The van der Waals surface area contributed by atoms with E-state index in [0.29, 0.717) is 119 Å². The van der Waals surface area contributed by atoms with Gasteiger partial charge < -0.3 is 42.5 Å². The molecular weight excluding hydrogens is 1710 g/mol. The van der Waals surface area contributed by atoms with Gasteiger partial charge in [-0.1, -0.05) is 120 Å². The van der Waals surface area contributed by atoms with E-state index in [1.165, 1.54) is 0 Å². The molecule has 0 bridgehead atoms. The average molecular weight is 1850 g/mol. The lowest BCUT2D eigenvalue weighted by molar-refractivity contribution is -0.116. The molecule has 0 atom stereocenters. The Bertz CT molecular complexity index is 6110. The molecule has 8 aromatic carbocycles. The highest BCUT2D eigenvalue weighted by molar-refractivity contribution is 6.10. The number of benzene rings is 8. The van der Waals surface area contributed by atoms with Crippen molar-refractivity contribution in [3.8, 4) is 44.5 Å². The largest absolute Gasteiger partial charge is 0.387 e. The number of rotatable bonds is 16. The number of piperazine rings is 4. The number of hydrogen-bond acceptors (Lipinski definition) is 20. The van der Waals surface area contributed by atoms with E-state index < -0.39 is 0 Å². The summed E-state index contributed by atoms with van der Waals surface area (Å²) in [5, 5.41) is 0. The van der Waals surface area contributed by atoms with Crippen LogP contribution in [0.25, 0.3) is 68.8 Å². The highest BCUT2D eigenvalue weighted by Gasteiger charge is 2.34. The second-order valence-electron chi connectivity index (χ2n) is 40.1.